The lowest BCUT2D eigenvalue weighted by molar-refractivity contribution is -0.155. The van der Waals surface area contributed by atoms with Crippen molar-refractivity contribution in [3.8, 4) is 0 Å². The Kier molecular flexibility index (Phi) is 7.57. The third-order valence-corrected chi connectivity index (χ3v) is 4.47. The predicted octanol–water partition coefficient (Wildman–Crippen LogP) is 2.07. The molecule has 0 aromatic heterocycles. The van der Waals surface area contributed by atoms with E-state index < -0.39 is 33.6 Å². The number of carboxylic acid groups (broad SMARTS) is 1. The Hall–Kier alpha value is -1.93. The lowest BCUT2D eigenvalue weighted by Gasteiger charge is -2.20. The molecule has 1 aromatic rings. The van der Waals surface area contributed by atoms with Gasteiger partial charge in [-0.15, -0.1) is 0 Å². The Morgan fingerprint density at radius 3 is 2.32 bits per heavy atom. The van der Waals surface area contributed by atoms with Crippen LogP contribution in [0, 0.1) is 0 Å². The fourth-order valence-electron chi connectivity index (χ4n) is 2.13. The maximum atomic E-state index is 12.1. The van der Waals surface area contributed by atoms with E-state index in [0.29, 0.717) is 5.56 Å². The number of benzene rings is 1. The van der Waals surface area contributed by atoms with E-state index >= 15 is 0 Å². The van der Waals surface area contributed by atoms with Crippen molar-refractivity contribution in [1.82, 2.24) is 4.72 Å². The molecule has 0 heterocycles. The molecule has 140 valence electrons. The second-order valence-corrected chi connectivity index (χ2v) is 8.49. The molecule has 0 aliphatic heterocycles. The minimum atomic E-state index is -3.81. The van der Waals surface area contributed by atoms with Crippen molar-refractivity contribution >= 4 is 22.0 Å². The first-order valence-corrected chi connectivity index (χ1v) is 9.62. The monoisotopic (exact) mass is 371 g/mol. The Morgan fingerprint density at radius 1 is 1.20 bits per heavy atom. The lowest BCUT2D eigenvalue weighted by atomic mass is 10.1. The highest BCUT2D eigenvalue weighted by Gasteiger charge is 2.25. The van der Waals surface area contributed by atoms with Gasteiger partial charge in [0.05, 0.1) is 5.75 Å². The molecule has 1 atom stereocenters. The molecule has 2 N–H and O–H groups in total. The summed E-state index contributed by atoms with van der Waals surface area (Å²) in [6.07, 6.45) is 0.240. The summed E-state index contributed by atoms with van der Waals surface area (Å²) in [5.41, 5.74) is -0.0477. The van der Waals surface area contributed by atoms with Gasteiger partial charge >= 0.3 is 11.9 Å². The molecule has 1 aromatic carbocycles. The molecule has 7 nitrogen and oxygen atoms in total. The molecule has 8 heteroatoms. The van der Waals surface area contributed by atoms with E-state index in [-0.39, 0.29) is 25.0 Å². The van der Waals surface area contributed by atoms with Crippen LogP contribution in [-0.4, -0.2) is 37.1 Å². The highest BCUT2D eigenvalue weighted by Crippen LogP contribution is 2.12. The lowest BCUT2D eigenvalue weighted by Crippen LogP contribution is -2.41. The van der Waals surface area contributed by atoms with Gasteiger partial charge in [0.15, 0.2) is 0 Å². The molecule has 0 unspecified atom stereocenters. The van der Waals surface area contributed by atoms with Crippen molar-refractivity contribution in [3.05, 3.63) is 35.9 Å². The van der Waals surface area contributed by atoms with E-state index in [1.165, 1.54) is 0 Å². The summed E-state index contributed by atoms with van der Waals surface area (Å²) in [4.78, 5) is 22.9. The number of carbonyl (C=O) groups is 2. The first kappa shape index (κ1) is 21.1. The molecule has 0 aliphatic rings. The van der Waals surface area contributed by atoms with Crippen LogP contribution < -0.4 is 4.72 Å². The topological polar surface area (TPSA) is 110 Å². The number of esters is 1. The van der Waals surface area contributed by atoms with E-state index in [0.717, 1.165) is 0 Å². The second-order valence-electron chi connectivity index (χ2n) is 6.73. The molecule has 25 heavy (non-hydrogen) atoms. The van der Waals surface area contributed by atoms with Gasteiger partial charge in [0.2, 0.25) is 10.0 Å². The fraction of sp³-hybridized carbons (Fsp3) is 0.529. The summed E-state index contributed by atoms with van der Waals surface area (Å²) in [5, 5.41) is 9.21. The third kappa shape index (κ3) is 9.21. The zero-order valence-corrected chi connectivity index (χ0v) is 15.5. The predicted molar refractivity (Wildman–Crippen MR) is 93.3 cm³/mol. The van der Waals surface area contributed by atoms with Gasteiger partial charge in [-0.3, -0.25) is 9.59 Å². The van der Waals surface area contributed by atoms with Gasteiger partial charge in [-0.2, -0.15) is 0 Å². The average molecular weight is 371 g/mol. The largest absolute Gasteiger partial charge is 0.480 e. The number of carbonyl (C=O) groups excluding carboxylic acids is 1. The normalized spacial score (nSPS) is 13.2. The van der Waals surface area contributed by atoms with Gasteiger partial charge in [-0.1, -0.05) is 30.3 Å². The van der Waals surface area contributed by atoms with E-state index in [4.69, 9.17) is 4.74 Å². The summed E-state index contributed by atoms with van der Waals surface area (Å²) in [6, 6.07) is 7.20. The average Bonchev–Trinajstić information content (AvgIpc) is 2.44. The van der Waals surface area contributed by atoms with Crippen LogP contribution in [-0.2, 0) is 30.1 Å². The quantitative estimate of drug-likeness (QED) is 0.643. The SMILES string of the molecule is CC(C)(C)OC(=O)CCC[C@H](NS(=O)(=O)Cc1ccccc1)C(=O)O. The van der Waals surface area contributed by atoms with Gasteiger partial charge in [-0.05, 0) is 39.2 Å². The van der Waals surface area contributed by atoms with Gasteiger partial charge in [0.25, 0.3) is 0 Å². The van der Waals surface area contributed by atoms with Crippen LogP contribution in [0.25, 0.3) is 0 Å². The molecule has 0 bridgehead atoms. The molecule has 0 saturated heterocycles. The van der Waals surface area contributed by atoms with Gasteiger partial charge in [-0.25, -0.2) is 13.1 Å². The molecule has 0 fully saturated rings. The Balaban J connectivity index is 2.56. The third-order valence-electron chi connectivity index (χ3n) is 3.11. The zero-order chi connectivity index (χ0) is 19.1. The highest BCUT2D eigenvalue weighted by atomic mass is 32.2. The van der Waals surface area contributed by atoms with E-state index in [1.54, 1.807) is 51.1 Å². The molecule has 0 amide bonds. The zero-order valence-electron chi connectivity index (χ0n) is 14.7. The second kappa shape index (κ2) is 8.96. The molecular weight excluding hydrogens is 346 g/mol. The molecule has 0 aliphatic carbocycles. The highest BCUT2D eigenvalue weighted by molar-refractivity contribution is 7.88. The minimum Gasteiger partial charge on any atom is -0.480 e. The number of sulfonamides is 1. The number of carboxylic acids is 1. The van der Waals surface area contributed by atoms with Crippen LogP contribution in [0.15, 0.2) is 30.3 Å². The van der Waals surface area contributed by atoms with E-state index in [1.807, 2.05) is 0 Å². The summed E-state index contributed by atoms with van der Waals surface area (Å²) < 4.78 is 31.6. The van der Waals surface area contributed by atoms with Crippen LogP contribution in [0.2, 0.25) is 0 Å². The van der Waals surface area contributed by atoms with Crippen LogP contribution in [0.4, 0.5) is 0 Å². The van der Waals surface area contributed by atoms with Crippen LogP contribution >= 0.6 is 0 Å². The maximum absolute atomic E-state index is 12.1. The number of nitrogens with one attached hydrogen (secondary N) is 1. The number of aliphatic carboxylic acids is 1. The number of hydrogen-bond donors (Lipinski definition) is 2. The maximum Gasteiger partial charge on any atom is 0.321 e. The van der Waals surface area contributed by atoms with Crippen molar-refractivity contribution in [2.45, 2.75) is 57.4 Å². The fourth-order valence-corrected chi connectivity index (χ4v) is 3.49. The first-order valence-electron chi connectivity index (χ1n) is 7.97. The summed E-state index contributed by atoms with van der Waals surface area (Å²) in [5.74, 6) is -2.02. The Morgan fingerprint density at radius 2 is 1.80 bits per heavy atom. The van der Waals surface area contributed by atoms with Crippen LogP contribution in [0.5, 0.6) is 0 Å². The van der Waals surface area contributed by atoms with Crippen LogP contribution in [0.1, 0.15) is 45.6 Å². The smallest absolute Gasteiger partial charge is 0.321 e. The molecule has 0 radical (unpaired) electrons. The van der Waals surface area contributed by atoms with Crippen molar-refractivity contribution in [1.29, 1.82) is 0 Å². The van der Waals surface area contributed by atoms with Crippen molar-refractivity contribution in [2.75, 3.05) is 0 Å². The number of rotatable bonds is 9. The summed E-state index contributed by atoms with van der Waals surface area (Å²) in [6.45, 7) is 5.22. The van der Waals surface area contributed by atoms with Crippen molar-refractivity contribution in [2.24, 2.45) is 0 Å². The van der Waals surface area contributed by atoms with E-state index in [2.05, 4.69) is 4.72 Å². The molecular formula is C17H25NO6S. The van der Waals surface area contributed by atoms with Gasteiger partial charge in [0.1, 0.15) is 11.6 Å². The number of hydrogen-bond acceptors (Lipinski definition) is 5. The molecule has 0 spiro atoms. The summed E-state index contributed by atoms with van der Waals surface area (Å²) in [7, 11) is -3.81. The molecule has 1 rings (SSSR count). The first-order chi connectivity index (χ1) is 11.5. The Bertz CT molecular complexity index is 679. The van der Waals surface area contributed by atoms with Crippen LogP contribution in [0.3, 0.4) is 0 Å². The van der Waals surface area contributed by atoms with E-state index in [9.17, 15) is 23.1 Å². The van der Waals surface area contributed by atoms with Crippen molar-refractivity contribution in [3.63, 3.8) is 0 Å². The van der Waals surface area contributed by atoms with Gasteiger partial charge in [0, 0.05) is 6.42 Å². The van der Waals surface area contributed by atoms with Crippen molar-refractivity contribution < 1.29 is 27.9 Å². The standard InChI is InChI=1S/C17H25NO6S/c1-17(2,3)24-15(19)11-7-10-14(16(20)21)18-25(22,23)12-13-8-5-4-6-9-13/h4-6,8-9,14,18H,7,10-12H2,1-3H3,(H,20,21)/t14-/m0/s1. The number of ether oxygens (including phenoxy) is 1. The van der Waals surface area contributed by atoms with Gasteiger partial charge < -0.3 is 9.84 Å². The molecule has 0 saturated carbocycles. The minimum absolute atomic E-state index is 0.00258. The Labute approximate surface area is 148 Å². The summed E-state index contributed by atoms with van der Waals surface area (Å²) >= 11 is 0.